The summed E-state index contributed by atoms with van der Waals surface area (Å²) in [7, 11) is 0. The fourth-order valence-electron chi connectivity index (χ4n) is 3.31. The second kappa shape index (κ2) is 6.71. The Morgan fingerprint density at radius 3 is 2.62 bits per heavy atom. The van der Waals surface area contributed by atoms with Crippen molar-refractivity contribution >= 4 is 5.91 Å². The van der Waals surface area contributed by atoms with Gasteiger partial charge in [0.15, 0.2) is 0 Å². The maximum absolute atomic E-state index is 13.3. The van der Waals surface area contributed by atoms with Crippen molar-refractivity contribution in [2.24, 2.45) is 5.92 Å². The van der Waals surface area contributed by atoms with Crippen LogP contribution in [0.5, 0.6) is 0 Å². The first kappa shape index (κ1) is 16.6. The Balaban J connectivity index is 1.59. The molecule has 0 spiro atoms. The molecule has 1 aliphatic heterocycles. The standard InChI is InChI=1S/C18H20F2N2O2/c1-11-17(12(2)24-21-11)9-18(23)22-4-3-13(10-22)5-14-6-15(19)8-16(20)7-14/h6-8,13H,3-5,9-10H2,1-2H3. The van der Waals surface area contributed by atoms with Crippen LogP contribution in [0.1, 0.15) is 29.0 Å². The zero-order chi connectivity index (χ0) is 17.3. The summed E-state index contributed by atoms with van der Waals surface area (Å²) in [4.78, 5) is 14.3. The molecule has 1 atom stereocenters. The summed E-state index contributed by atoms with van der Waals surface area (Å²) >= 11 is 0. The Hall–Kier alpha value is -2.24. The van der Waals surface area contributed by atoms with Crippen molar-refractivity contribution in [1.29, 1.82) is 0 Å². The maximum Gasteiger partial charge on any atom is 0.227 e. The summed E-state index contributed by atoms with van der Waals surface area (Å²) in [5.74, 6) is -0.187. The van der Waals surface area contributed by atoms with Gasteiger partial charge in [0.2, 0.25) is 5.91 Å². The number of carbonyl (C=O) groups excluding carboxylic acids is 1. The van der Waals surface area contributed by atoms with Crippen molar-refractivity contribution in [2.75, 3.05) is 13.1 Å². The van der Waals surface area contributed by atoms with Gasteiger partial charge in [-0.2, -0.15) is 0 Å². The number of nitrogens with zero attached hydrogens (tertiary/aromatic N) is 2. The van der Waals surface area contributed by atoms with Gasteiger partial charge in [0.1, 0.15) is 17.4 Å². The molecule has 1 saturated heterocycles. The lowest BCUT2D eigenvalue weighted by molar-refractivity contribution is -0.129. The van der Waals surface area contributed by atoms with Gasteiger partial charge in [-0.05, 0) is 50.3 Å². The molecular weight excluding hydrogens is 314 g/mol. The molecule has 0 N–H and O–H groups in total. The van der Waals surface area contributed by atoms with Gasteiger partial charge in [-0.25, -0.2) is 8.78 Å². The normalized spacial score (nSPS) is 17.5. The predicted octanol–water partition coefficient (Wildman–Crippen LogP) is 3.20. The molecule has 6 heteroatoms. The van der Waals surface area contributed by atoms with E-state index in [9.17, 15) is 13.6 Å². The number of aromatic nitrogens is 1. The van der Waals surface area contributed by atoms with Gasteiger partial charge in [0, 0.05) is 24.7 Å². The molecule has 1 amide bonds. The van der Waals surface area contributed by atoms with Gasteiger partial charge in [0.05, 0.1) is 12.1 Å². The molecule has 0 radical (unpaired) electrons. The van der Waals surface area contributed by atoms with Gasteiger partial charge in [-0.1, -0.05) is 5.16 Å². The van der Waals surface area contributed by atoms with E-state index in [2.05, 4.69) is 5.16 Å². The summed E-state index contributed by atoms with van der Waals surface area (Å²) in [5, 5.41) is 3.87. The maximum atomic E-state index is 13.3. The fraction of sp³-hybridized carbons (Fsp3) is 0.444. The summed E-state index contributed by atoms with van der Waals surface area (Å²) < 4.78 is 31.6. The van der Waals surface area contributed by atoms with E-state index >= 15 is 0 Å². The van der Waals surface area contributed by atoms with E-state index in [4.69, 9.17) is 4.52 Å². The topological polar surface area (TPSA) is 46.3 Å². The van der Waals surface area contributed by atoms with Gasteiger partial charge < -0.3 is 9.42 Å². The second-order valence-electron chi connectivity index (χ2n) is 6.46. The van der Waals surface area contributed by atoms with E-state index in [1.807, 2.05) is 11.8 Å². The number of amides is 1. The average Bonchev–Trinajstić information content (AvgIpc) is 3.08. The highest BCUT2D eigenvalue weighted by molar-refractivity contribution is 5.79. The number of aryl methyl sites for hydroxylation is 2. The Morgan fingerprint density at radius 2 is 2.00 bits per heavy atom. The van der Waals surface area contributed by atoms with Gasteiger partial charge in [0.25, 0.3) is 0 Å². The van der Waals surface area contributed by atoms with Crippen molar-refractivity contribution in [1.82, 2.24) is 10.1 Å². The van der Waals surface area contributed by atoms with Gasteiger partial charge in [-0.15, -0.1) is 0 Å². The summed E-state index contributed by atoms with van der Waals surface area (Å²) in [5.41, 5.74) is 2.22. The monoisotopic (exact) mass is 334 g/mol. The molecule has 2 heterocycles. The molecule has 0 bridgehead atoms. The third kappa shape index (κ3) is 3.63. The van der Waals surface area contributed by atoms with E-state index in [0.717, 1.165) is 23.7 Å². The Morgan fingerprint density at radius 1 is 1.29 bits per heavy atom. The van der Waals surface area contributed by atoms with Crippen molar-refractivity contribution < 1.29 is 18.1 Å². The van der Waals surface area contributed by atoms with E-state index in [0.29, 0.717) is 30.8 Å². The Kier molecular flexibility index (Phi) is 4.64. The zero-order valence-electron chi connectivity index (χ0n) is 13.8. The van der Waals surface area contributed by atoms with Crippen molar-refractivity contribution in [3.05, 3.63) is 52.4 Å². The lowest BCUT2D eigenvalue weighted by atomic mass is 9.98. The average molecular weight is 334 g/mol. The second-order valence-corrected chi connectivity index (χ2v) is 6.46. The van der Waals surface area contributed by atoms with Crippen LogP contribution < -0.4 is 0 Å². The lowest BCUT2D eigenvalue weighted by Gasteiger charge is -2.16. The largest absolute Gasteiger partial charge is 0.361 e. The summed E-state index contributed by atoms with van der Waals surface area (Å²) in [6.45, 7) is 4.91. The van der Waals surface area contributed by atoms with E-state index < -0.39 is 11.6 Å². The smallest absolute Gasteiger partial charge is 0.227 e. The number of carbonyl (C=O) groups is 1. The SMILES string of the molecule is Cc1noc(C)c1CC(=O)N1CCC(Cc2cc(F)cc(F)c2)C1. The summed E-state index contributed by atoms with van der Waals surface area (Å²) in [6.07, 6.45) is 1.69. The van der Waals surface area contributed by atoms with E-state index in [1.165, 1.54) is 12.1 Å². The molecule has 1 fully saturated rings. The Bertz CT molecular complexity index is 718. The number of likely N-dealkylation sites (tertiary alicyclic amines) is 1. The first-order chi connectivity index (χ1) is 11.4. The minimum Gasteiger partial charge on any atom is -0.361 e. The quantitative estimate of drug-likeness (QED) is 0.862. The molecule has 2 aromatic rings. The molecule has 24 heavy (non-hydrogen) atoms. The number of rotatable bonds is 4. The van der Waals surface area contributed by atoms with Gasteiger partial charge >= 0.3 is 0 Å². The van der Waals surface area contributed by atoms with Crippen LogP contribution >= 0.6 is 0 Å². The molecule has 1 aromatic carbocycles. The van der Waals surface area contributed by atoms with Crippen molar-refractivity contribution in [3.63, 3.8) is 0 Å². The molecule has 1 aromatic heterocycles. The number of halogens is 2. The van der Waals surface area contributed by atoms with Crippen molar-refractivity contribution in [3.8, 4) is 0 Å². The van der Waals surface area contributed by atoms with Crippen LogP contribution in [0, 0.1) is 31.4 Å². The highest BCUT2D eigenvalue weighted by atomic mass is 19.1. The Labute approximate surface area is 139 Å². The molecule has 128 valence electrons. The minimum absolute atomic E-state index is 0.0392. The predicted molar refractivity (Wildman–Crippen MR) is 84.4 cm³/mol. The summed E-state index contributed by atoms with van der Waals surface area (Å²) in [6, 6.07) is 3.59. The first-order valence-electron chi connectivity index (χ1n) is 8.07. The number of benzene rings is 1. The highest BCUT2D eigenvalue weighted by Gasteiger charge is 2.27. The molecule has 1 unspecified atom stereocenters. The van der Waals surface area contributed by atoms with Crippen LogP contribution in [0.2, 0.25) is 0 Å². The third-order valence-corrected chi connectivity index (χ3v) is 4.59. The van der Waals surface area contributed by atoms with Crippen LogP contribution in [0.25, 0.3) is 0 Å². The van der Waals surface area contributed by atoms with Crippen LogP contribution in [0.15, 0.2) is 22.7 Å². The first-order valence-corrected chi connectivity index (χ1v) is 8.07. The molecular formula is C18H20F2N2O2. The van der Waals surface area contributed by atoms with Crippen LogP contribution in [0.4, 0.5) is 8.78 Å². The fourth-order valence-corrected chi connectivity index (χ4v) is 3.31. The van der Waals surface area contributed by atoms with Gasteiger partial charge in [-0.3, -0.25) is 4.79 Å². The van der Waals surface area contributed by atoms with E-state index in [-0.39, 0.29) is 18.2 Å². The molecule has 0 saturated carbocycles. The van der Waals surface area contributed by atoms with Crippen LogP contribution in [0.3, 0.4) is 0 Å². The molecule has 3 rings (SSSR count). The lowest BCUT2D eigenvalue weighted by Crippen LogP contribution is -2.30. The molecule has 4 nitrogen and oxygen atoms in total. The third-order valence-electron chi connectivity index (χ3n) is 4.59. The number of hydrogen-bond acceptors (Lipinski definition) is 3. The molecule has 0 aliphatic carbocycles. The van der Waals surface area contributed by atoms with Crippen LogP contribution in [-0.2, 0) is 17.6 Å². The van der Waals surface area contributed by atoms with E-state index in [1.54, 1.807) is 6.92 Å². The minimum atomic E-state index is -0.561. The van der Waals surface area contributed by atoms with Crippen LogP contribution in [-0.4, -0.2) is 29.1 Å². The molecule has 1 aliphatic rings. The number of hydrogen-bond donors (Lipinski definition) is 0. The van der Waals surface area contributed by atoms with Crippen molar-refractivity contribution in [2.45, 2.75) is 33.1 Å². The zero-order valence-corrected chi connectivity index (χ0v) is 13.8. The highest BCUT2D eigenvalue weighted by Crippen LogP contribution is 2.23.